The number of amides is 2. The molecule has 0 saturated carbocycles. The van der Waals surface area contributed by atoms with Gasteiger partial charge in [-0.2, -0.15) is 0 Å². The predicted molar refractivity (Wildman–Crippen MR) is 173 cm³/mol. The Kier molecular flexibility index (Phi) is 7.92. The molecular formula is C38H39N3O3. The normalized spacial score (nSPS) is 22.4. The average Bonchev–Trinajstić information content (AvgIpc) is 3.05. The summed E-state index contributed by atoms with van der Waals surface area (Å²) in [7, 11) is 0. The third kappa shape index (κ3) is 5.87. The predicted octanol–water partition coefficient (Wildman–Crippen LogP) is 6.10. The number of piperidine rings is 1. The van der Waals surface area contributed by atoms with E-state index < -0.39 is 0 Å². The second-order valence-electron chi connectivity index (χ2n) is 12.5. The zero-order valence-electron chi connectivity index (χ0n) is 25.0. The van der Waals surface area contributed by atoms with E-state index in [1.165, 1.54) is 33.5 Å². The molecule has 2 N–H and O–H groups in total. The molecule has 2 saturated heterocycles. The van der Waals surface area contributed by atoms with Crippen LogP contribution >= 0.6 is 0 Å². The van der Waals surface area contributed by atoms with Crippen molar-refractivity contribution in [3.63, 3.8) is 0 Å². The lowest BCUT2D eigenvalue weighted by Crippen LogP contribution is -2.46. The molecule has 2 heterocycles. The van der Waals surface area contributed by atoms with Gasteiger partial charge in [-0.25, -0.2) is 0 Å². The number of fused-ring (bicyclic) bond motifs is 1. The number of hydrogen-bond acceptors (Lipinski definition) is 5. The molecule has 224 valence electrons. The number of rotatable bonds is 6. The molecule has 3 atom stereocenters. The van der Waals surface area contributed by atoms with Gasteiger partial charge in [0.05, 0.1) is 5.92 Å². The van der Waals surface area contributed by atoms with Crippen molar-refractivity contribution < 1.29 is 14.7 Å². The number of hydrogen-bond donors (Lipinski definition) is 2. The highest BCUT2D eigenvalue weighted by Gasteiger charge is 2.32. The van der Waals surface area contributed by atoms with E-state index in [0.29, 0.717) is 24.5 Å². The summed E-state index contributed by atoms with van der Waals surface area (Å²) in [6.45, 7) is 4.72. The largest absolute Gasteiger partial charge is 0.508 e. The first-order valence-corrected chi connectivity index (χ1v) is 15.9. The number of aryl methyl sites for hydroxylation is 1. The molecule has 0 radical (unpaired) electrons. The first-order valence-electron chi connectivity index (χ1n) is 15.9. The molecular weight excluding hydrogens is 546 g/mol. The maximum atomic E-state index is 12.4. The molecule has 3 aliphatic rings. The molecule has 44 heavy (non-hydrogen) atoms. The van der Waals surface area contributed by atoms with E-state index in [4.69, 9.17) is 0 Å². The lowest BCUT2D eigenvalue weighted by Gasteiger charge is -2.37. The summed E-state index contributed by atoms with van der Waals surface area (Å²) in [5.74, 6) is 0.397. The third-order valence-electron chi connectivity index (χ3n) is 9.80. The number of nitrogens with one attached hydrogen (secondary N) is 1. The van der Waals surface area contributed by atoms with Crippen molar-refractivity contribution in [2.45, 2.75) is 50.0 Å². The van der Waals surface area contributed by atoms with Crippen LogP contribution in [-0.4, -0.2) is 48.0 Å². The molecule has 3 unspecified atom stereocenters. The minimum absolute atomic E-state index is 0.174. The van der Waals surface area contributed by atoms with Crippen LogP contribution in [0.2, 0.25) is 0 Å². The third-order valence-corrected chi connectivity index (χ3v) is 9.80. The highest BCUT2D eigenvalue weighted by molar-refractivity contribution is 6.00. The second kappa shape index (κ2) is 12.3. The lowest BCUT2D eigenvalue weighted by atomic mass is 9.69. The molecule has 0 spiro atoms. The summed E-state index contributed by atoms with van der Waals surface area (Å²) in [6.07, 6.45) is 3.01. The Hall–Kier alpha value is -4.42. The van der Waals surface area contributed by atoms with Gasteiger partial charge in [-0.05, 0) is 82.8 Å². The van der Waals surface area contributed by atoms with Gasteiger partial charge in [-0.15, -0.1) is 0 Å². The average molecular weight is 586 g/mol. The zero-order valence-corrected chi connectivity index (χ0v) is 25.0. The van der Waals surface area contributed by atoms with Gasteiger partial charge in [0, 0.05) is 50.7 Å². The Morgan fingerprint density at radius 2 is 1.50 bits per heavy atom. The number of phenolic OH excluding ortho intramolecular Hbond substituents is 1. The molecule has 4 aromatic carbocycles. The smallest absolute Gasteiger partial charge is 0.234 e. The van der Waals surface area contributed by atoms with Crippen molar-refractivity contribution in [2.24, 2.45) is 0 Å². The first-order chi connectivity index (χ1) is 21.5. The molecule has 6 heteroatoms. The van der Waals surface area contributed by atoms with E-state index in [2.05, 4.69) is 87.9 Å². The Bertz CT molecular complexity index is 1640. The number of imide groups is 1. The first kappa shape index (κ1) is 28.4. The van der Waals surface area contributed by atoms with E-state index in [1.807, 2.05) is 24.3 Å². The van der Waals surface area contributed by atoms with Crippen LogP contribution in [0.1, 0.15) is 70.4 Å². The topological polar surface area (TPSA) is 72.9 Å². The van der Waals surface area contributed by atoms with Crippen LogP contribution < -0.4 is 10.2 Å². The number of piperazine rings is 1. The van der Waals surface area contributed by atoms with Crippen molar-refractivity contribution in [2.75, 3.05) is 31.1 Å². The van der Waals surface area contributed by atoms with Crippen molar-refractivity contribution in [3.8, 4) is 5.75 Å². The number of carbonyl (C=O) groups is 2. The summed E-state index contributed by atoms with van der Waals surface area (Å²) >= 11 is 0. The molecule has 7 rings (SSSR count). The number of phenols is 1. The van der Waals surface area contributed by atoms with Crippen molar-refractivity contribution in [1.29, 1.82) is 0 Å². The Balaban J connectivity index is 1.02. The number of benzene rings is 4. The Morgan fingerprint density at radius 1 is 0.727 bits per heavy atom. The summed E-state index contributed by atoms with van der Waals surface area (Å²) in [5.41, 5.74) is 8.74. The van der Waals surface area contributed by atoms with Crippen molar-refractivity contribution in [1.82, 2.24) is 10.2 Å². The van der Waals surface area contributed by atoms with Crippen LogP contribution in [0.5, 0.6) is 5.75 Å². The SMILES string of the molecule is O=C1CCC(c2cccc(CN3CCN(c4ccc(C5c6ccc(O)cc6CCC5c5ccccc5)cc4)CC3)c2)C(=O)N1. The van der Waals surface area contributed by atoms with Gasteiger partial charge in [0.25, 0.3) is 0 Å². The van der Waals surface area contributed by atoms with E-state index in [-0.39, 0.29) is 23.7 Å². The van der Waals surface area contributed by atoms with Crippen LogP contribution in [0, 0.1) is 0 Å². The fraction of sp³-hybridized carbons (Fsp3) is 0.316. The molecule has 1 aliphatic carbocycles. The summed E-state index contributed by atoms with van der Waals surface area (Å²) < 4.78 is 0. The van der Waals surface area contributed by atoms with Crippen LogP contribution in [0.25, 0.3) is 0 Å². The minimum Gasteiger partial charge on any atom is -0.508 e. The maximum absolute atomic E-state index is 12.4. The number of nitrogens with zero attached hydrogens (tertiary/aromatic N) is 2. The van der Waals surface area contributed by atoms with Crippen LogP contribution in [-0.2, 0) is 22.6 Å². The Morgan fingerprint density at radius 3 is 2.27 bits per heavy atom. The van der Waals surface area contributed by atoms with Crippen molar-refractivity contribution in [3.05, 3.63) is 130 Å². The minimum atomic E-state index is -0.246. The number of anilines is 1. The van der Waals surface area contributed by atoms with E-state index in [1.54, 1.807) is 0 Å². The summed E-state index contributed by atoms with van der Waals surface area (Å²) in [6, 6.07) is 34.2. The maximum Gasteiger partial charge on any atom is 0.234 e. The highest BCUT2D eigenvalue weighted by atomic mass is 16.3. The molecule has 2 aliphatic heterocycles. The van der Waals surface area contributed by atoms with Crippen LogP contribution in [0.4, 0.5) is 5.69 Å². The van der Waals surface area contributed by atoms with Crippen LogP contribution in [0.3, 0.4) is 0 Å². The fourth-order valence-electron chi connectivity index (χ4n) is 7.51. The molecule has 0 bridgehead atoms. The standard InChI is InChI=1S/C38H39N3O3/c42-32-14-16-34-30(24-32)11-15-33(27-6-2-1-3-7-27)37(34)28-9-12-31(13-10-28)41-21-19-40(20-22-41)25-26-5-4-8-29(23-26)35-17-18-36(43)39-38(35)44/h1-10,12-14,16,23-24,33,35,37,42H,11,15,17-22,25H2,(H,39,43,44). The van der Waals surface area contributed by atoms with Crippen molar-refractivity contribution >= 4 is 17.5 Å². The molecule has 4 aromatic rings. The van der Waals surface area contributed by atoms with Gasteiger partial charge < -0.3 is 10.0 Å². The van der Waals surface area contributed by atoms with E-state index in [0.717, 1.165) is 51.1 Å². The lowest BCUT2D eigenvalue weighted by molar-refractivity contribution is -0.134. The molecule has 0 aromatic heterocycles. The van der Waals surface area contributed by atoms with E-state index in [9.17, 15) is 14.7 Å². The van der Waals surface area contributed by atoms with Gasteiger partial charge in [-0.1, -0.05) is 72.8 Å². The van der Waals surface area contributed by atoms with Gasteiger partial charge in [0.15, 0.2) is 0 Å². The van der Waals surface area contributed by atoms with Gasteiger partial charge >= 0.3 is 0 Å². The Labute approximate surface area is 259 Å². The fourth-order valence-corrected chi connectivity index (χ4v) is 7.51. The quantitative estimate of drug-likeness (QED) is 0.268. The monoisotopic (exact) mass is 585 g/mol. The zero-order chi connectivity index (χ0) is 30.0. The highest BCUT2D eigenvalue weighted by Crippen LogP contribution is 2.47. The number of carbonyl (C=O) groups excluding carboxylic acids is 2. The second-order valence-corrected chi connectivity index (χ2v) is 12.5. The van der Waals surface area contributed by atoms with Crippen LogP contribution in [0.15, 0.2) is 97.1 Å². The number of aromatic hydroxyl groups is 1. The molecule has 2 amide bonds. The summed E-state index contributed by atoms with van der Waals surface area (Å²) in [5, 5.41) is 12.6. The van der Waals surface area contributed by atoms with E-state index >= 15 is 0 Å². The van der Waals surface area contributed by atoms with Gasteiger partial charge in [-0.3, -0.25) is 19.8 Å². The van der Waals surface area contributed by atoms with Gasteiger partial charge in [0.2, 0.25) is 11.8 Å². The summed E-state index contributed by atoms with van der Waals surface area (Å²) in [4.78, 5) is 28.9. The molecule has 2 fully saturated rings. The van der Waals surface area contributed by atoms with Gasteiger partial charge in [0.1, 0.15) is 5.75 Å². The molecule has 6 nitrogen and oxygen atoms in total.